The van der Waals surface area contributed by atoms with Crippen LogP contribution < -0.4 is 0 Å². The maximum absolute atomic E-state index is 6.09. The van der Waals surface area contributed by atoms with Crippen LogP contribution in [0.1, 0.15) is 23.6 Å². The summed E-state index contributed by atoms with van der Waals surface area (Å²) in [5.41, 5.74) is 3.95. The predicted molar refractivity (Wildman–Crippen MR) is 79.6 cm³/mol. The molecule has 0 amide bonds. The second-order valence-electron chi connectivity index (χ2n) is 4.40. The van der Waals surface area contributed by atoms with E-state index in [4.69, 9.17) is 16.4 Å². The van der Waals surface area contributed by atoms with Crippen LogP contribution in [0, 0.1) is 6.92 Å². The van der Waals surface area contributed by atoms with E-state index >= 15 is 0 Å². The second-order valence-corrected chi connectivity index (χ2v) is 4.81. The highest BCUT2D eigenvalue weighted by molar-refractivity contribution is 6.31. The summed E-state index contributed by atoms with van der Waals surface area (Å²) in [7, 11) is 0. The molecule has 0 radical (unpaired) electrons. The first-order chi connectivity index (χ1) is 9.16. The Morgan fingerprint density at radius 2 is 1.89 bits per heavy atom. The van der Waals surface area contributed by atoms with Crippen LogP contribution in [0.5, 0.6) is 0 Å². The number of nitrogens with zero attached hydrogens (tertiary/aromatic N) is 1. The van der Waals surface area contributed by atoms with Gasteiger partial charge in [-0.25, -0.2) is 0 Å². The highest BCUT2D eigenvalue weighted by Crippen LogP contribution is 2.17. The van der Waals surface area contributed by atoms with Gasteiger partial charge < -0.3 is 4.84 Å². The normalized spacial score (nSPS) is 11.4. The Balaban J connectivity index is 2.01. The number of rotatable bonds is 4. The van der Waals surface area contributed by atoms with Crippen molar-refractivity contribution >= 4 is 17.3 Å². The summed E-state index contributed by atoms with van der Waals surface area (Å²) in [6.07, 6.45) is 0. The van der Waals surface area contributed by atoms with Crippen molar-refractivity contribution in [3.63, 3.8) is 0 Å². The van der Waals surface area contributed by atoms with E-state index < -0.39 is 0 Å². The molecule has 0 saturated heterocycles. The molecule has 0 fully saturated rings. The summed E-state index contributed by atoms with van der Waals surface area (Å²) in [4.78, 5) is 5.35. The molecule has 0 N–H and O–H groups in total. The summed E-state index contributed by atoms with van der Waals surface area (Å²) in [5, 5.41) is 4.86. The number of hydrogen-bond donors (Lipinski definition) is 0. The molecule has 0 unspecified atom stereocenters. The van der Waals surface area contributed by atoms with E-state index in [9.17, 15) is 0 Å². The van der Waals surface area contributed by atoms with Gasteiger partial charge in [-0.05, 0) is 31.0 Å². The molecule has 0 aliphatic heterocycles. The van der Waals surface area contributed by atoms with Crippen molar-refractivity contribution < 1.29 is 4.84 Å². The predicted octanol–water partition coefficient (Wildman–Crippen LogP) is 4.59. The first-order valence-electron chi connectivity index (χ1n) is 6.14. The molecule has 2 aromatic rings. The van der Waals surface area contributed by atoms with Gasteiger partial charge in [-0.2, -0.15) is 0 Å². The molecular weight excluding hydrogens is 258 g/mol. The topological polar surface area (TPSA) is 21.6 Å². The fourth-order valence-electron chi connectivity index (χ4n) is 1.65. The molecule has 2 aromatic carbocycles. The van der Waals surface area contributed by atoms with Gasteiger partial charge >= 0.3 is 0 Å². The van der Waals surface area contributed by atoms with Crippen LogP contribution >= 0.6 is 11.6 Å². The van der Waals surface area contributed by atoms with Crippen LogP contribution in [-0.2, 0) is 11.4 Å². The third-order valence-corrected chi connectivity index (χ3v) is 3.27. The summed E-state index contributed by atoms with van der Waals surface area (Å²) in [6, 6.07) is 15.8. The zero-order chi connectivity index (χ0) is 13.7. The van der Waals surface area contributed by atoms with Crippen molar-refractivity contribution in [2.75, 3.05) is 0 Å². The average Bonchev–Trinajstić information content (AvgIpc) is 2.43. The van der Waals surface area contributed by atoms with E-state index in [1.54, 1.807) is 0 Å². The minimum atomic E-state index is 0.470. The third kappa shape index (κ3) is 3.83. The summed E-state index contributed by atoms with van der Waals surface area (Å²) in [5.74, 6) is 0. The molecule has 3 heteroatoms. The van der Waals surface area contributed by atoms with E-state index in [1.807, 2.05) is 62.4 Å². The van der Waals surface area contributed by atoms with Crippen LogP contribution in [0.3, 0.4) is 0 Å². The molecule has 0 atom stereocenters. The largest absolute Gasteiger partial charge is 0.391 e. The van der Waals surface area contributed by atoms with Gasteiger partial charge in [0.25, 0.3) is 0 Å². The first kappa shape index (κ1) is 13.6. The Hall–Kier alpha value is -1.80. The van der Waals surface area contributed by atoms with Crippen LogP contribution in [0.25, 0.3) is 0 Å². The average molecular weight is 274 g/mol. The number of benzene rings is 2. The molecule has 19 heavy (non-hydrogen) atoms. The van der Waals surface area contributed by atoms with Crippen LogP contribution in [-0.4, -0.2) is 5.71 Å². The Morgan fingerprint density at radius 1 is 1.16 bits per heavy atom. The lowest BCUT2D eigenvalue weighted by atomic mass is 10.1. The molecule has 0 aliphatic rings. The fraction of sp³-hybridized carbons (Fsp3) is 0.188. The van der Waals surface area contributed by atoms with Gasteiger partial charge in [0, 0.05) is 10.6 Å². The van der Waals surface area contributed by atoms with Gasteiger partial charge in [-0.1, -0.05) is 59.2 Å². The molecule has 0 aliphatic carbocycles. The third-order valence-electron chi connectivity index (χ3n) is 2.87. The summed E-state index contributed by atoms with van der Waals surface area (Å²) in [6.45, 7) is 4.36. The highest BCUT2D eigenvalue weighted by Gasteiger charge is 2.01. The van der Waals surface area contributed by atoms with Gasteiger partial charge in [0.15, 0.2) is 0 Å². The van der Waals surface area contributed by atoms with E-state index in [0.717, 1.165) is 27.4 Å². The maximum Gasteiger partial charge on any atom is 0.142 e. The van der Waals surface area contributed by atoms with Gasteiger partial charge in [-0.15, -0.1) is 0 Å². The number of aryl methyl sites for hydroxylation is 1. The zero-order valence-electron chi connectivity index (χ0n) is 11.1. The first-order valence-corrected chi connectivity index (χ1v) is 6.51. The molecular formula is C16H16ClNO. The Morgan fingerprint density at radius 3 is 2.58 bits per heavy atom. The molecule has 0 saturated carbocycles. The van der Waals surface area contributed by atoms with Gasteiger partial charge in [0.2, 0.25) is 0 Å². The highest BCUT2D eigenvalue weighted by atomic mass is 35.5. The Labute approximate surface area is 118 Å². The van der Waals surface area contributed by atoms with Gasteiger partial charge in [-0.3, -0.25) is 0 Å². The van der Waals surface area contributed by atoms with Crippen LogP contribution in [0.4, 0.5) is 0 Å². The lowest BCUT2D eigenvalue weighted by Crippen LogP contribution is -1.97. The number of oxime groups is 1. The van der Waals surface area contributed by atoms with E-state index in [0.29, 0.717) is 6.61 Å². The van der Waals surface area contributed by atoms with Gasteiger partial charge in [0.05, 0.1) is 5.71 Å². The molecule has 0 heterocycles. The Kier molecular flexibility index (Phi) is 4.58. The van der Waals surface area contributed by atoms with E-state index in [1.165, 1.54) is 0 Å². The molecule has 0 spiro atoms. The van der Waals surface area contributed by atoms with Crippen molar-refractivity contribution in [1.82, 2.24) is 0 Å². The molecule has 2 rings (SSSR count). The SMILES string of the molecule is C/C(=N\OCc1ccccc1)c1ccc(C)c(Cl)c1. The lowest BCUT2D eigenvalue weighted by molar-refractivity contribution is 0.130. The molecule has 98 valence electrons. The van der Waals surface area contributed by atoms with Gasteiger partial charge in [0.1, 0.15) is 6.61 Å². The number of halogens is 1. The van der Waals surface area contributed by atoms with E-state index in [-0.39, 0.29) is 0 Å². The minimum absolute atomic E-state index is 0.470. The van der Waals surface area contributed by atoms with Crippen molar-refractivity contribution in [3.05, 3.63) is 70.2 Å². The molecule has 0 bridgehead atoms. The lowest BCUT2D eigenvalue weighted by Gasteiger charge is -2.04. The minimum Gasteiger partial charge on any atom is -0.391 e. The maximum atomic E-state index is 6.09. The Bertz CT molecular complexity index is 579. The van der Waals surface area contributed by atoms with E-state index in [2.05, 4.69) is 5.16 Å². The van der Waals surface area contributed by atoms with Crippen LogP contribution in [0.2, 0.25) is 5.02 Å². The van der Waals surface area contributed by atoms with Crippen molar-refractivity contribution in [2.45, 2.75) is 20.5 Å². The standard InChI is InChI=1S/C16H16ClNO/c1-12-8-9-15(10-16(12)17)13(2)18-19-11-14-6-4-3-5-7-14/h3-10H,11H2,1-2H3/b18-13+. The summed E-state index contributed by atoms with van der Waals surface area (Å²) >= 11 is 6.09. The smallest absolute Gasteiger partial charge is 0.142 e. The zero-order valence-corrected chi connectivity index (χ0v) is 11.8. The van der Waals surface area contributed by atoms with Crippen LogP contribution in [0.15, 0.2) is 53.7 Å². The second kappa shape index (κ2) is 6.39. The molecule has 0 aromatic heterocycles. The fourth-order valence-corrected chi connectivity index (χ4v) is 1.83. The molecule has 2 nitrogen and oxygen atoms in total. The van der Waals surface area contributed by atoms with Crippen molar-refractivity contribution in [2.24, 2.45) is 5.16 Å². The van der Waals surface area contributed by atoms with Crippen molar-refractivity contribution in [1.29, 1.82) is 0 Å². The van der Waals surface area contributed by atoms with Crippen molar-refractivity contribution in [3.8, 4) is 0 Å². The summed E-state index contributed by atoms with van der Waals surface area (Å²) < 4.78 is 0. The monoisotopic (exact) mass is 273 g/mol. The number of hydrogen-bond acceptors (Lipinski definition) is 2. The quantitative estimate of drug-likeness (QED) is 0.590.